The van der Waals surface area contributed by atoms with Crippen molar-refractivity contribution in [2.45, 2.75) is 6.42 Å². The minimum absolute atomic E-state index is 0. The highest BCUT2D eigenvalue weighted by Crippen LogP contribution is 2.07. The van der Waals surface area contributed by atoms with Gasteiger partial charge in [0.25, 0.3) is 0 Å². The van der Waals surface area contributed by atoms with Crippen molar-refractivity contribution in [3.8, 4) is 12.3 Å². The first-order chi connectivity index (χ1) is 4.33. The normalized spacial score (nSPS) is 16.3. The molecule has 0 atom stereocenters. The maximum atomic E-state index is 10.6. The van der Waals surface area contributed by atoms with E-state index >= 15 is 0 Å². The predicted molar refractivity (Wildman–Crippen MR) is 42.1 cm³/mol. The maximum Gasteiger partial charge on any atom is 0.205 e. The van der Waals surface area contributed by atoms with Crippen LogP contribution in [0.15, 0.2) is 0 Å². The van der Waals surface area contributed by atoms with Gasteiger partial charge in [-0.15, -0.1) is 18.8 Å². The molecule has 0 aliphatic carbocycles. The molecule has 1 aliphatic rings. The largest absolute Gasteiger partial charge is 0.316 e. The van der Waals surface area contributed by atoms with Gasteiger partial charge in [-0.3, -0.25) is 4.79 Å². The van der Waals surface area contributed by atoms with Gasteiger partial charge in [-0.25, -0.2) is 0 Å². The SMILES string of the molecule is C#CC(=O)CC1CNC1.Cl. The van der Waals surface area contributed by atoms with E-state index in [9.17, 15) is 4.79 Å². The first-order valence-electron chi connectivity index (χ1n) is 3.03. The Morgan fingerprint density at radius 1 is 1.70 bits per heavy atom. The lowest BCUT2D eigenvalue weighted by Crippen LogP contribution is -2.42. The molecule has 1 rings (SSSR count). The van der Waals surface area contributed by atoms with Crippen LogP contribution in [0.25, 0.3) is 0 Å². The van der Waals surface area contributed by atoms with Gasteiger partial charge in [0.05, 0.1) is 0 Å². The van der Waals surface area contributed by atoms with E-state index in [1.54, 1.807) is 0 Å². The molecule has 1 fully saturated rings. The second-order valence-electron chi connectivity index (χ2n) is 2.30. The maximum absolute atomic E-state index is 10.6. The van der Waals surface area contributed by atoms with Crippen LogP contribution in [0.4, 0.5) is 0 Å². The summed E-state index contributed by atoms with van der Waals surface area (Å²) in [6.45, 7) is 1.90. The summed E-state index contributed by atoms with van der Waals surface area (Å²) < 4.78 is 0. The zero-order valence-electron chi connectivity index (χ0n) is 5.59. The van der Waals surface area contributed by atoms with Crippen molar-refractivity contribution in [1.82, 2.24) is 5.32 Å². The summed E-state index contributed by atoms with van der Waals surface area (Å²) in [5, 5.41) is 3.07. The second-order valence-corrected chi connectivity index (χ2v) is 2.30. The molecule has 1 saturated heterocycles. The number of hydrogen-bond donors (Lipinski definition) is 1. The molecule has 0 bridgehead atoms. The molecule has 1 aliphatic heterocycles. The van der Waals surface area contributed by atoms with Gasteiger partial charge in [-0.2, -0.15) is 0 Å². The van der Waals surface area contributed by atoms with E-state index in [0.29, 0.717) is 12.3 Å². The number of nitrogens with one attached hydrogen (secondary N) is 1. The second kappa shape index (κ2) is 4.32. The molecule has 0 aromatic carbocycles. The number of carbonyl (C=O) groups excluding carboxylic acids is 1. The Morgan fingerprint density at radius 3 is 2.60 bits per heavy atom. The fourth-order valence-corrected chi connectivity index (χ4v) is 0.814. The smallest absolute Gasteiger partial charge is 0.205 e. The number of halogens is 1. The molecule has 2 nitrogen and oxygen atoms in total. The summed E-state index contributed by atoms with van der Waals surface area (Å²) in [5.74, 6) is 2.54. The molecule has 1 N–H and O–H groups in total. The standard InChI is InChI=1S/C7H9NO.ClH/c1-2-7(9)3-6-4-8-5-6;/h1,6,8H,3-5H2;1H. The van der Waals surface area contributed by atoms with Crippen LogP contribution in [0.2, 0.25) is 0 Å². The average Bonchev–Trinajstić information content (AvgIpc) is 1.78. The number of ketones is 1. The lowest BCUT2D eigenvalue weighted by atomic mass is 9.97. The van der Waals surface area contributed by atoms with E-state index in [0.717, 1.165) is 13.1 Å². The Morgan fingerprint density at radius 2 is 2.30 bits per heavy atom. The topological polar surface area (TPSA) is 29.1 Å². The summed E-state index contributed by atoms with van der Waals surface area (Å²) in [5.41, 5.74) is 0. The Kier molecular flexibility index (Phi) is 4.10. The van der Waals surface area contributed by atoms with Crippen LogP contribution < -0.4 is 5.32 Å². The molecule has 0 aromatic heterocycles. The molecule has 0 radical (unpaired) electrons. The van der Waals surface area contributed by atoms with Gasteiger partial charge in [0.2, 0.25) is 5.78 Å². The molecule has 56 valence electrons. The van der Waals surface area contributed by atoms with Crippen LogP contribution in [0.5, 0.6) is 0 Å². The third-order valence-electron chi connectivity index (χ3n) is 1.50. The summed E-state index contributed by atoms with van der Waals surface area (Å²) >= 11 is 0. The molecule has 0 spiro atoms. The predicted octanol–water partition coefficient (Wildman–Crippen LogP) is 0.220. The van der Waals surface area contributed by atoms with Gasteiger partial charge in [-0.05, 0) is 24.9 Å². The number of Topliss-reactive ketones (excluding diaryl/α,β-unsaturated/α-hetero) is 1. The molecule has 3 heteroatoms. The van der Waals surface area contributed by atoms with Crippen molar-refractivity contribution < 1.29 is 4.79 Å². The van der Waals surface area contributed by atoms with E-state index in [1.165, 1.54) is 0 Å². The molecule has 0 amide bonds. The lowest BCUT2D eigenvalue weighted by Gasteiger charge is -2.25. The van der Waals surface area contributed by atoms with Crippen molar-refractivity contribution in [3.63, 3.8) is 0 Å². The van der Waals surface area contributed by atoms with E-state index < -0.39 is 0 Å². The third kappa shape index (κ3) is 2.38. The Hall–Kier alpha value is -0.520. The number of terminal acetylenes is 1. The molecule has 1 heterocycles. The van der Waals surface area contributed by atoms with Gasteiger partial charge in [-0.1, -0.05) is 0 Å². The molecule has 0 saturated carbocycles. The zero-order chi connectivity index (χ0) is 6.69. The Bertz CT molecular complexity index is 157. The summed E-state index contributed by atoms with van der Waals surface area (Å²) in [6, 6.07) is 0. The van der Waals surface area contributed by atoms with Crippen LogP contribution in [-0.4, -0.2) is 18.9 Å². The molecular formula is C7H10ClNO. The van der Waals surface area contributed by atoms with Gasteiger partial charge in [0.15, 0.2) is 0 Å². The minimum Gasteiger partial charge on any atom is -0.316 e. The number of carbonyl (C=O) groups is 1. The molecule has 0 unspecified atom stereocenters. The van der Waals surface area contributed by atoms with Crippen molar-refractivity contribution in [2.24, 2.45) is 5.92 Å². The van der Waals surface area contributed by atoms with Crippen LogP contribution in [0.1, 0.15) is 6.42 Å². The van der Waals surface area contributed by atoms with Gasteiger partial charge in [0.1, 0.15) is 0 Å². The molecule has 0 aromatic rings. The van der Waals surface area contributed by atoms with Gasteiger partial charge < -0.3 is 5.32 Å². The minimum atomic E-state index is -0.0681. The summed E-state index contributed by atoms with van der Waals surface area (Å²) in [4.78, 5) is 10.6. The third-order valence-corrected chi connectivity index (χ3v) is 1.50. The fourth-order valence-electron chi connectivity index (χ4n) is 0.814. The highest BCUT2D eigenvalue weighted by atomic mass is 35.5. The number of rotatable bonds is 2. The van der Waals surface area contributed by atoms with Crippen LogP contribution >= 0.6 is 12.4 Å². The highest BCUT2D eigenvalue weighted by Gasteiger charge is 2.18. The van der Waals surface area contributed by atoms with E-state index in [2.05, 4.69) is 11.2 Å². The summed E-state index contributed by atoms with van der Waals surface area (Å²) in [7, 11) is 0. The molecule has 10 heavy (non-hydrogen) atoms. The van der Waals surface area contributed by atoms with Crippen LogP contribution in [0, 0.1) is 18.3 Å². The first kappa shape index (κ1) is 9.48. The fraction of sp³-hybridized carbons (Fsp3) is 0.571. The Labute approximate surface area is 66.8 Å². The average molecular weight is 160 g/mol. The zero-order valence-corrected chi connectivity index (χ0v) is 6.41. The Balaban J connectivity index is 0.000000810. The van der Waals surface area contributed by atoms with E-state index in [4.69, 9.17) is 6.42 Å². The highest BCUT2D eigenvalue weighted by molar-refractivity contribution is 5.95. The van der Waals surface area contributed by atoms with Crippen molar-refractivity contribution >= 4 is 18.2 Å². The van der Waals surface area contributed by atoms with Crippen molar-refractivity contribution in [3.05, 3.63) is 0 Å². The quantitative estimate of drug-likeness (QED) is 0.462. The first-order valence-corrected chi connectivity index (χ1v) is 3.03. The van der Waals surface area contributed by atoms with Crippen molar-refractivity contribution in [2.75, 3.05) is 13.1 Å². The van der Waals surface area contributed by atoms with Crippen molar-refractivity contribution in [1.29, 1.82) is 0 Å². The monoisotopic (exact) mass is 159 g/mol. The summed E-state index contributed by atoms with van der Waals surface area (Å²) in [6.07, 6.45) is 5.44. The molecular weight excluding hydrogens is 150 g/mol. The lowest BCUT2D eigenvalue weighted by molar-refractivity contribution is -0.115. The van der Waals surface area contributed by atoms with Crippen LogP contribution in [0.3, 0.4) is 0 Å². The van der Waals surface area contributed by atoms with E-state index in [-0.39, 0.29) is 18.2 Å². The number of hydrogen-bond acceptors (Lipinski definition) is 2. The van der Waals surface area contributed by atoms with Gasteiger partial charge >= 0.3 is 0 Å². The van der Waals surface area contributed by atoms with Crippen LogP contribution in [-0.2, 0) is 4.79 Å². The van der Waals surface area contributed by atoms with E-state index in [1.807, 2.05) is 0 Å². The van der Waals surface area contributed by atoms with Gasteiger partial charge in [0, 0.05) is 6.42 Å².